The lowest BCUT2D eigenvalue weighted by Gasteiger charge is -1.87. The molecule has 3 rings (SSSR count). The molecule has 0 fully saturated rings. The van der Waals surface area contributed by atoms with Crippen LogP contribution in [0.25, 0.3) is 20.7 Å². The monoisotopic (exact) mass is 279 g/mol. The van der Waals surface area contributed by atoms with Crippen molar-refractivity contribution in [2.75, 3.05) is 0 Å². The maximum Gasteiger partial charge on any atom is 0.358 e. The topological polar surface area (TPSA) is 63.3 Å². The lowest BCUT2D eigenvalue weighted by atomic mass is 10.2. The fraction of sp³-hybridized carbons (Fsp3) is 0. The summed E-state index contributed by atoms with van der Waals surface area (Å²) in [6, 6.07) is 8.89. The number of carbonyl (C=O) groups is 1. The number of rotatable bonds is 2. The Balaban J connectivity index is 2.10. The molecule has 0 aliphatic heterocycles. The van der Waals surface area contributed by atoms with Crippen LogP contribution in [0.2, 0.25) is 5.02 Å². The van der Waals surface area contributed by atoms with Crippen LogP contribution in [0.15, 0.2) is 34.9 Å². The van der Waals surface area contributed by atoms with Crippen LogP contribution in [0, 0.1) is 0 Å². The summed E-state index contributed by atoms with van der Waals surface area (Å²) in [6.07, 6.45) is 0. The van der Waals surface area contributed by atoms with Gasteiger partial charge >= 0.3 is 5.97 Å². The number of carboxylic acids is 1. The van der Waals surface area contributed by atoms with Gasteiger partial charge in [-0.15, -0.1) is 11.3 Å². The predicted molar refractivity (Wildman–Crippen MR) is 69.3 cm³/mol. The van der Waals surface area contributed by atoms with Crippen LogP contribution in [0.5, 0.6) is 0 Å². The third-order valence-electron chi connectivity index (χ3n) is 2.45. The van der Waals surface area contributed by atoms with Crippen molar-refractivity contribution < 1.29 is 14.4 Å². The van der Waals surface area contributed by atoms with Gasteiger partial charge in [0, 0.05) is 15.8 Å². The molecule has 0 aliphatic carbocycles. The number of aromatic carboxylic acids is 1. The number of hydrogen-bond acceptors (Lipinski definition) is 4. The third kappa shape index (κ3) is 1.87. The number of nitrogens with zero attached hydrogens (tertiary/aromatic N) is 1. The lowest BCUT2D eigenvalue weighted by Crippen LogP contribution is -1.94. The van der Waals surface area contributed by atoms with E-state index in [1.165, 1.54) is 17.4 Å². The Bertz CT molecular complexity index is 747. The number of hydrogen-bond donors (Lipinski definition) is 1. The first-order valence-electron chi connectivity index (χ1n) is 5.03. The number of fused-ring (bicyclic) bond motifs is 1. The summed E-state index contributed by atoms with van der Waals surface area (Å²) >= 11 is 7.41. The highest BCUT2D eigenvalue weighted by atomic mass is 35.5. The van der Waals surface area contributed by atoms with Gasteiger partial charge in [-0.3, -0.25) is 0 Å². The minimum Gasteiger partial charge on any atom is -0.476 e. The first-order valence-corrected chi connectivity index (χ1v) is 6.22. The summed E-state index contributed by atoms with van der Waals surface area (Å²) in [4.78, 5) is 11.6. The lowest BCUT2D eigenvalue weighted by molar-refractivity contribution is 0.0686. The van der Waals surface area contributed by atoms with Crippen LogP contribution in [-0.2, 0) is 0 Å². The number of aromatic nitrogens is 1. The Morgan fingerprint density at radius 3 is 2.89 bits per heavy atom. The van der Waals surface area contributed by atoms with E-state index >= 15 is 0 Å². The molecule has 0 spiro atoms. The summed E-state index contributed by atoms with van der Waals surface area (Å²) in [5, 5.41) is 13.9. The van der Waals surface area contributed by atoms with Gasteiger partial charge in [-0.25, -0.2) is 4.79 Å². The molecule has 4 nitrogen and oxygen atoms in total. The minimum atomic E-state index is -1.10. The van der Waals surface area contributed by atoms with Crippen LogP contribution >= 0.6 is 22.9 Å². The van der Waals surface area contributed by atoms with Gasteiger partial charge in [0.2, 0.25) is 0 Å². The van der Waals surface area contributed by atoms with Gasteiger partial charge < -0.3 is 9.63 Å². The molecule has 3 aromatic rings. The van der Waals surface area contributed by atoms with Gasteiger partial charge in [0.05, 0.1) is 4.88 Å². The molecule has 0 bridgehead atoms. The minimum absolute atomic E-state index is 0.0968. The molecule has 2 aromatic heterocycles. The van der Waals surface area contributed by atoms with E-state index < -0.39 is 5.97 Å². The van der Waals surface area contributed by atoms with E-state index in [0.29, 0.717) is 10.8 Å². The van der Waals surface area contributed by atoms with Crippen LogP contribution in [0.4, 0.5) is 0 Å². The summed E-state index contributed by atoms with van der Waals surface area (Å²) in [5.74, 6) is -0.654. The Labute approximate surface area is 110 Å². The zero-order chi connectivity index (χ0) is 12.7. The summed E-state index contributed by atoms with van der Waals surface area (Å²) < 4.78 is 6.08. The van der Waals surface area contributed by atoms with Crippen molar-refractivity contribution in [3.63, 3.8) is 0 Å². The molecule has 18 heavy (non-hydrogen) atoms. The number of carboxylic acid groups (broad SMARTS) is 1. The number of halogens is 1. The van der Waals surface area contributed by atoms with E-state index in [0.717, 1.165) is 15.0 Å². The van der Waals surface area contributed by atoms with Gasteiger partial charge in [-0.2, -0.15) is 0 Å². The molecular weight excluding hydrogens is 274 g/mol. The maximum atomic E-state index is 10.7. The molecule has 0 unspecified atom stereocenters. The van der Waals surface area contributed by atoms with E-state index in [2.05, 4.69) is 5.16 Å². The van der Waals surface area contributed by atoms with Crippen molar-refractivity contribution in [2.24, 2.45) is 0 Å². The van der Waals surface area contributed by atoms with Crippen molar-refractivity contribution in [2.45, 2.75) is 0 Å². The third-order valence-corrected chi connectivity index (χ3v) is 3.82. The average molecular weight is 280 g/mol. The van der Waals surface area contributed by atoms with Crippen LogP contribution in [0.3, 0.4) is 0 Å². The Kier molecular flexibility index (Phi) is 2.57. The SMILES string of the molecule is O=C(O)c1cc(-c2cc3cc(Cl)ccc3s2)on1. The average Bonchev–Trinajstić information content (AvgIpc) is 2.93. The Hall–Kier alpha value is -1.85. The molecule has 6 heteroatoms. The first kappa shape index (κ1) is 11.3. The van der Waals surface area contributed by atoms with Gasteiger partial charge in [0.1, 0.15) is 0 Å². The highest BCUT2D eigenvalue weighted by Gasteiger charge is 2.14. The van der Waals surface area contributed by atoms with Crippen molar-refractivity contribution in [3.05, 3.63) is 41.0 Å². The Morgan fingerprint density at radius 2 is 2.17 bits per heavy atom. The summed E-state index contributed by atoms with van der Waals surface area (Å²) in [6.45, 7) is 0. The van der Waals surface area contributed by atoms with Crippen LogP contribution in [0.1, 0.15) is 10.5 Å². The highest BCUT2D eigenvalue weighted by molar-refractivity contribution is 7.22. The fourth-order valence-corrected chi connectivity index (χ4v) is 2.80. The molecule has 1 aromatic carbocycles. The number of benzene rings is 1. The molecule has 1 N–H and O–H groups in total. The fourth-order valence-electron chi connectivity index (χ4n) is 1.63. The van der Waals surface area contributed by atoms with E-state index in [9.17, 15) is 4.79 Å². The molecular formula is C12H6ClNO3S. The number of thiophene rings is 1. The summed E-state index contributed by atoms with van der Waals surface area (Å²) in [7, 11) is 0. The van der Waals surface area contributed by atoms with E-state index in [-0.39, 0.29) is 5.69 Å². The van der Waals surface area contributed by atoms with Gasteiger partial charge in [0.15, 0.2) is 11.5 Å². The van der Waals surface area contributed by atoms with Crippen LogP contribution < -0.4 is 0 Å². The van der Waals surface area contributed by atoms with E-state index in [1.807, 2.05) is 24.3 Å². The molecule has 0 atom stereocenters. The van der Waals surface area contributed by atoms with Crippen molar-refractivity contribution >= 4 is 39.0 Å². The quantitative estimate of drug-likeness (QED) is 0.772. The molecule has 0 amide bonds. The second-order valence-electron chi connectivity index (χ2n) is 3.67. The predicted octanol–water partition coefficient (Wildman–Crippen LogP) is 3.91. The highest BCUT2D eigenvalue weighted by Crippen LogP contribution is 2.34. The normalized spacial score (nSPS) is 10.9. The van der Waals surface area contributed by atoms with E-state index in [1.54, 1.807) is 0 Å². The molecule has 0 radical (unpaired) electrons. The van der Waals surface area contributed by atoms with Gasteiger partial charge in [-0.05, 0) is 29.7 Å². The second-order valence-corrected chi connectivity index (χ2v) is 5.19. The maximum absolute atomic E-state index is 10.7. The summed E-state index contributed by atoms with van der Waals surface area (Å²) in [5.41, 5.74) is -0.0968. The largest absolute Gasteiger partial charge is 0.476 e. The molecule has 2 heterocycles. The zero-order valence-electron chi connectivity index (χ0n) is 8.88. The van der Waals surface area contributed by atoms with Crippen molar-refractivity contribution in [1.82, 2.24) is 5.16 Å². The zero-order valence-corrected chi connectivity index (χ0v) is 10.5. The molecule has 0 saturated carbocycles. The molecule has 90 valence electrons. The smallest absolute Gasteiger partial charge is 0.358 e. The van der Waals surface area contributed by atoms with Gasteiger partial charge in [-0.1, -0.05) is 16.8 Å². The molecule has 0 aliphatic rings. The van der Waals surface area contributed by atoms with Crippen LogP contribution in [-0.4, -0.2) is 16.2 Å². The van der Waals surface area contributed by atoms with E-state index in [4.69, 9.17) is 21.2 Å². The standard InChI is InChI=1S/C12H6ClNO3S/c13-7-1-2-10-6(3-7)4-11(18-10)9-5-8(12(15)16)14-17-9/h1-5H,(H,15,16). The van der Waals surface area contributed by atoms with Gasteiger partial charge in [0.25, 0.3) is 0 Å². The van der Waals surface area contributed by atoms with Crippen molar-refractivity contribution in [1.29, 1.82) is 0 Å². The Morgan fingerprint density at radius 1 is 1.33 bits per heavy atom. The molecule has 0 saturated heterocycles. The first-order chi connectivity index (χ1) is 8.63. The second kappa shape index (κ2) is 4.12. The van der Waals surface area contributed by atoms with Crippen molar-refractivity contribution in [3.8, 4) is 10.6 Å².